The van der Waals surface area contributed by atoms with E-state index in [1.165, 1.54) is 0 Å². The van der Waals surface area contributed by atoms with Crippen LogP contribution in [0.4, 0.5) is 0 Å². The Kier molecular flexibility index (Phi) is 3.69. The van der Waals surface area contributed by atoms with Gasteiger partial charge < -0.3 is 14.6 Å². The second kappa shape index (κ2) is 5.63. The second-order valence-electron chi connectivity index (χ2n) is 5.43. The molecule has 0 unspecified atom stereocenters. The van der Waals surface area contributed by atoms with Gasteiger partial charge in [-0.05, 0) is 38.1 Å². The van der Waals surface area contributed by atoms with Gasteiger partial charge in [-0.25, -0.2) is 0 Å². The van der Waals surface area contributed by atoms with E-state index in [0.29, 0.717) is 12.4 Å². The third-order valence-electron chi connectivity index (χ3n) is 3.80. The fraction of sp³-hybridized carbons (Fsp3) is 0.467. The zero-order valence-electron chi connectivity index (χ0n) is 11.6. The maximum absolute atomic E-state index is 5.63. The predicted octanol–water partition coefficient (Wildman–Crippen LogP) is 2.29. The summed E-state index contributed by atoms with van der Waals surface area (Å²) < 4.78 is 11.1. The number of nitrogens with zero attached hydrogens (tertiary/aromatic N) is 2. The molecule has 0 saturated carbocycles. The van der Waals surface area contributed by atoms with E-state index in [1.54, 1.807) is 0 Å². The van der Waals surface area contributed by atoms with Gasteiger partial charge in [-0.3, -0.25) is 0 Å². The van der Waals surface area contributed by atoms with E-state index < -0.39 is 0 Å². The van der Waals surface area contributed by atoms with E-state index in [0.717, 1.165) is 37.6 Å². The van der Waals surface area contributed by atoms with E-state index in [1.807, 2.05) is 30.3 Å². The smallest absolute Gasteiger partial charge is 0.232 e. The molecule has 1 saturated heterocycles. The molecule has 0 bridgehead atoms. The number of piperidine rings is 1. The Hall–Kier alpha value is -1.88. The highest BCUT2D eigenvalue weighted by molar-refractivity contribution is 5.21. The topological polar surface area (TPSA) is 60.2 Å². The summed E-state index contributed by atoms with van der Waals surface area (Å²) in [6, 6.07) is 9.65. The Labute approximate surface area is 118 Å². The third kappa shape index (κ3) is 2.82. The Bertz CT molecular complexity index is 547. The Balaban J connectivity index is 1.65. The second-order valence-corrected chi connectivity index (χ2v) is 5.43. The molecule has 0 amide bonds. The molecule has 0 aliphatic carbocycles. The van der Waals surface area contributed by atoms with Crippen molar-refractivity contribution in [3.8, 4) is 5.75 Å². The average Bonchev–Trinajstić information content (AvgIpc) is 2.97. The molecule has 1 aromatic carbocycles. The first kappa shape index (κ1) is 13.1. The molecule has 106 valence electrons. The van der Waals surface area contributed by atoms with Gasteiger partial charge in [0.2, 0.25) is 11.7 Å². The van der Waals surface area contributed by atoms with Crippen LogP contribution in [0.5, 0.6) is 5.75 Å². The minimum atomic E-state index is -0.0107. The summed E-state index contributed by atoms with van der Waals surface area (Å²) in [6.45, 7) is 4.51. The van der Waals surface area contributed by atoms with Crippen molar-refractivity contribution in [1.82, 2.24) is 15.5 Å². The largest absolute Gasteiger partial charge is 0.485 e. The number of nitrogens with one attached hydrogen (secondary N) is 1. The predicted molar refractivity (Wildman–Crippen MR) is 74.5 cm³/mol. The average molecular weight is 273 g/mol. The standard InChI is InChI=1S/C15H19N3O2/c1-15(7-9-16-10-8-15)14-17-13(18-20-14)11-19-12-5-3-2-4-6-12/h2-6,16H,7-11H2,1H3. The Morgan fingerprint density at radius 2 is 2.00 bits per heavy atom. The summed E-state index contributed by atoms with van der Waals surface area (Å²) in [4.78, 5) is 4.49. The molecule has 0 spiro atoms. The third-order valence-corrected chi connectivity index (χ3v) is 3.80. The molecule has 1 fully saturated rings. The highest BCUT2D eigenvalue weighted by Gasteiger charge is 2.34. The number of aromatic nitrogens is 2. The lowest BCUT2D eigenvalue weighted by molar-refractivity contribution is 0.238. The Morgan fingerprint density at radius 3 is 2.75 bits per heavy atom. The van der Waals surface area contributed by atoms with Crippen molar-refractivity contribution in [2.75, 3.05) is 13.1 Å². The van der Waals surface area contributed by atoms with Gasteiger partial charge in [-0.2, -0.15) is 4.98 Å². The highest BCUT2D eigenvalue weighted by atomic mass is 16.5. The SMILES string of the molecule is CC1(c2nc(COc3ccccc3)no2)CCNCC1. The van der Waals surface area contributed by atoms with Crippen LogP contribution in [0.15, 0.2) is 34.9 Å². The van der Waals surface area contributed by atoms with Gasteiger partial charge in [-0.1, -0.05) is 30.3 Å². The van der Waals surface area contributed by atoms with Crippen LogP contribution in [0.25, 0.3) is 0 Å². The van der Waals surface area contributed by atoms with Gasteiger partial charge in [0, 0.05) is 5.41 Å². The van der Waals surface area contributed by atoms with Crippen LogP contribution >= 0.6 is 0 Å². The molecule has 5 nitrogen and oxygen atoms in total. The highest BCUT2D eigenvalue weighted by Crippen LogP contribution is 2.31. The van der Waals surface area contributed by atoms with Crippen LogP contribution in [-0.2, 0) is 12.0 Å². The van der Waals surface area contributed by atoms with Crippen LogP contribution in [0.2, 0.25) is 0 Å². The summed E-state index contributed by atoms with van der Waals surface area (Å²) >= 11 is 0. The zero-order chi connectivity index (χ0) is 13.8. The number of hydrogen-bond donors (Lipinski definition) is 1. The summed E-state index contributed by atoms with van der Waals surface area (Å²) in [5.41, 5.74) is -0.0107. The van der Waals surface area contributed by atoms with Gasteiger partial charge in [0.15, 0.2) is 6.61 Å². The number of rotatable bonds is 4. The van der Waals surface area contributed by atoms with E-state index in [4.69, 9.17) is 9.26 Å². The molecule has 3 rings (SSSR count). The quantitative estimate of drug-likeness (QED) is 0.926. The molecule has 1 aromatic heterocycles. The van der Waals surface area contributed by atoms with Gasteiger partial charge in [-0.15, -0.1) is 0 Å². The van der Waals surface area contributed by atoms with Crippen molar-refractivity contribution >= 4 is 0 Å². The van der Waals surface area contributed by atoms with Crippen molar-refractivity contribution in [2.45, 2.75) is 31.8 Å². The lowest BCUT2D eigenvalue weighted by Crippen LogP contribution is -2.37. The summed E-state index contributed by atoms with van der Waals surface area (Å²) in [6.07, 6.45) is 2.04. The van der Waals surface area contributed by atoms with Crippen LogP contribution in [0.3, 0.4) is 0 Å². The van der Waals surface area contributed by atoms with Crippen LogP contribution in [-0.4, -0.2) is 23.2 Å². The lowest BCUT2D eigenvalue weighted by Gasteiger charge is -2.30. The van der Waals surface area contributed by atoms with Gasteiger partial charge in [0.25, 0.3) is 0 Å². The van der Waals surface area contributed by atoms with Gasteiger partial charge in [0.1, 0.15) is 5.75 Å². The fourth-order valence-electron chi connectivity index (χ4n) is 2.41. The van der Waals surface area contributed by atoms with E-state index in [2.05, 4.69) is 22.4 Å². The maximum atomic E-state index is 5.63. The zero-order valence-corrected chi connectivity index (χ0v) is 11.6. The molecule has 2 aromatic rings. The van der Waals surface area contributed by atoms with Gasteiger partial charge in [0.05, 0.1) is 0 Å². The molecule has 2 heterocycles. The molecule has 5 heteroatoms. The Morgan fingerprint density at radius 1 is 1.25 bits per heavy atom. The van der Waals surface area contributed by atoms with Crippen LogP contribution < -0.4 is 10.1 Å². The van der Waals surface area contributed by atoms with E-state index in [9.17, 15) is 0 Å². The molecule has 0 radical (unpaired) electrons. The summed E-state index contributed by atoms with van der Waals surface area (Å²) in [7, 11) is 0. The van der Waals surface area contributed by atoms with Crippen molar-refractivity contribution in [2.24, 2.45) is 0 Å². The van der Waals surface area contributed by atoms with E-state index in [-0.39, 0.29) is 5.41 Å². The first-order valence-electron chi connectivity index (χ1n) is 6.98. The van der Waals surface area contributed by atoms with Gasteiger partial charge >= 0.3 is 0 Å². The molecule has 1 aliphatic heterocycles. The van der Waals surface area contributed by atoms with Crippen LogP contribution in [0.1, 0.15) is 31.5 Å². The first-order valence-corrected chi connectivity index (χ1v) is 6.98. The number of para-hydroxylation sites is 1. The first-order chi connectivity index (χ1) is 9.76. The number of hydrogen-bond acceptors (Lipinski definition) is 5. The molecule has 20 heavy (non-hydrogen) atoms. The van der Waals surface area contributed by atoms with Crippen molar-refractivity contribution in [3.05, 3.63) is 42.0 Å². The molecule has 0 atom stereocenters. The number of benzene rings is 1. The molecule has 1 aliphatic rings. The fourth-order valence-corrected chi connectivity index (χ4v) is 2.41. The summed E-state index contributed by atoms with van der Waals surface area (Å²) in [5.74, 6) is 2.14. The monoisotopic (exact) mass is 273 g/mol. The normalized spacial score (nSPS) is 17.9. The number of ether oxygens (including phenoxy) is 1. The minimum Gasteiger partial charge on any atom is -0.485 e. The molecule has 1 N–H and O–H groups in total. The molecular formula is C15H19N3O2. The maximum Gasteiger partial charge on any atom is 0.232 e. The van der Waals surface area contributed by atoms with Crippen molar-refractivity contribution in [1.29, 1.82) is 0 Å². The van der Waals surface area contributed by atoms with E-state index >= 15 is 0 Å². The van der Waals surface area contributed by atoms with Crippen molar-refractivity contribution < 1.29 is 9.26 Å². The van der Waals surface area contributed by atoms with Crippen LogP contribution in [0, 0.1) is 0 Å². The molecular weight excluding hydrogens is 254 g/mol. The summed E-state index contributed by atoms with van der Waals surface area (Å²) in [5, 5.41) is 7.37. The van der Waals surface area contributed by atoms with Crippen molar-refractivity contribution in [3.63, 3.8) is 0 Å². The lowest BCUT2D eigenvalue weighted by atomic mass is 9.81. The minimum absolute atomic E-state index is 0.0107.